The second-order valence-corrected chi connectivity index (χ2v) is 4.90. The molecule has 2 N–H and O–H groups in total. The summed E-state index contributed by atoms with van der Waals surface area (Å²) in [6.07, 6.45) is 0. The van der Waals surface area contributed by atoms with Gasteiger partial charge in [0.15, 0.2) is 11.6 Å². The fourth-order valence-corrected chi connectivity index (χ4v) is 2.34. The number of nitrogens with zero attached hydrogens (tertiary/aromatic N) is 1. The zero-order valence-electron chi connectivity index (χ0n) is 12.3. The summed E-state index contributed by atoms with van der Waals surface area (Å²) in [5, 5.41) is 6.10. The van der Waals surface area contributed by atoms with Crippen LogP contribution in [0.2, 0.25) is 0 Å². The van der Waals surface area contributed by atoms with Crippen LogP contribution in [0.25, 0.3) is 0 Å². The van der Waals surface area contributed by atoms with Crippen molar-refractivity contribution in [2.45, 2.75) is 6.92 Å². The molecular formula is C15H22FN3O2. The number of hydrogen-bond acceptors (Lipinski definition) is 4. The molecule has 0 atom stereocenters. The first-order valence-corrected chi connectivity index (χ1v) is 7.35. The van der Waals surface area contributed by atoms with Crippen LogP contribution in [-0.4, -0.2) is 56.7 Å². The van der Waals surface area contributed by atoms with Gasteiger partial charge in [0.2, 0.25) is 0 Å². The Bertz CT molecular complexity index is 476. The Morgan fingerprint density at radius 3 is 2.90 bits per heavy atom. The van der Waals surface area contributed by atoms with Gasteiger partial charge in [0, 0.05) is 39.3 Å². The number of amides is 1. The summed E-state index contributed by atoms with van der Waals surface area (Å²) in [4.78, 5) is 14.4. The van der Waals surface area contributed by atoms with Crippen molar-refractivity contribution in [2.24, 2.45) is 0 Å². The Hall–Kier alpha value is -1.66. The van der Waals surface area contributed by atoms with Gasteiger partial charge in [-0.1, -0.05) is 6.07 Å². The van der Waals surface area contributed by atoms with Gasteiger partial charge >= 0.3 is 0 Å². The molecule has 2 rings (SSSR count). The van der Waals surface area contributed by atoms with Crippen LogP contribution in [0.15, 0.2) is 18.2 Å². The van der Waals surface area contributed by atoms with E-state index in [4.69, 9.17) is 4.74 Å². The summed E-state index contributed by atoms with van der Waals surface area (Å²) in [5.74, 6) is -0.778. The van der Waals surface area contributed by atoms with Gasteiger partial charge in [-0.2, -0.15) is 0 Å². The second-order valence-electron chi connectivity index (χ2n) is 4.90. The first kappa shape index (κ1) is 15.7. The molecule has 1 saturated heterocycles. The van der Waals surface area contributed by atoms with E-state index in [-0.39, 0.29) is 17.2 Å². The van der Waals surface area contributed by atoms with Crippen LogP contribution < -0.4 is 15.4 Å². The molecule has 1 aromatic rings. The number of para-hydroxylation sites is 1. The molecule has 21 heavy (non-hydrogen) atoms. The SMILES string of the molecule is CCOc1c(F)cccc1C(=O)NCCN1CCNCC1. The van der Waals surface area contributed by atoms with Gasteiger partial charge in [-0.25, -0.2) is 4.39 Å². The molecule has 0 aromatic heterocycles. The average molecular weight is 295 g/mol. The maximum atomic E-state index is 13.7. The number of ether oxygens (including phenoxy) is 1. The Labute approximate surface area is 124 Å². The molecule has 1 fully saturated rings. The minimum absolute atomic E-state index is 0.0275. The van der Waals surface area contributed by atoms with Crippen molar-refractivity contribution in [1.29, 1.82) is 0 Å². The van der Waals surface area contributed by atoms with E-state index in [1.165, 1.54) is 12.1 Å². The highest BCUT2D eigenvalue weighted by Gasteiger charge is 2.16. The van der Waals surface area contributed by atoms with Crippen molar-refractivity contribution >= 4 is 5.91 Å². The van der Waals surface area contributed by atoms with Crippen molar-refractivity contribution in [3.8, 4) is 5.75 Å². The summed E-state index contributed by atoms with van der Waals surface area (Å²) in [7, 11) is 0. The topological polar surface area (TPSA) is 53.6 Å². The number of carbonyl (C=O) groups excluding carboxylic acids is 1. The zero-order valence-corrected chi connectivity index (χ0v) is 12.3. The lowest BCUT2D eigenvalue weighted by Gasteiger charge is -2.27. The van der Waals surface area contributed by atoms with Crippen molar-refractivity contribution < 1.29 is 13.9 Å². The molecule has 0 unspecified atom stereocenters. The van der Waals surface area contributed by atoms with E-state index >= 15 is 0 Å². The summed E-state index contributed by atoms with van der Waals surface area (Å²) in [5.41, 5.74) is 0.247. The Balaban J connectivity index is 1.89. The lowest BCUT2D eigenvalue weighted by atomic mass is 10.2. The number of nitrogens with one attached hydrogen (secondary N) is 2. The van der Waals surface area contributed by atoms with E-state index in [1.54, 1.807) is 13.0 Å². The third-order valence-corrected chi connectivity index (χ3v) is 3.42. The molecule has 6 heteroatoms. The summed E-state index contributed by atoms with van der Waals surface area (Å²) in [6, 6.07) is 4.39. The number of hydrogen-bond donors (Lipinski definition) is 2. The van der Waals surface area contributed by atoms with Gasteiger partial charge in [-0.15, -0.1) is 0 Å². The van der Waals surface area contributed by atoms with Crippen LogP contribution in [-0.2, 0) is 0 Å². The molecule has 0 bridgehead atoms. The smallest absolute Gasteiger partial charge is 0.255 e. The van der Waals surface area contributed by atoms with E-state index in [2.05, 4.69) is 15.5 Å². The number of halogens is 1. The first-order valence-electron chi connectivity index (χ1n) is 7.35. The van der Waals surface area contributed by atoms with Gasteiger partial charge in [0.1, 0.15) is 0 Å². The minimum atomic E-state index is -0.508. The van der Waals surface area contributed by atoms with Gasteiger partial charge in [0.25, 0.3) is 5.91 Å². The average Bonchev–Trinajstić information content (AvgIpc) is 2.50. The number of carbonyl (C=O) groups is 1. The molecule has 0 saturated carbocycles. The standard InChI is InChI=1S/C15H22FN3O2/c1-2-21-14-12(4-3-5-13(14)16)15(20)18-8-11-19-9-6-17-7-10-19/h3-5,17H,2,6-11H2,1H3,(H,18,20). The highest BCUT2D eigenvalue weighted by molar-refractivity contribution is 5.96. The number of rotatable bonds is 6. The van der Waals surface area contributed by atoms with E-state index in [1.807, 2.05) is 0 Å². The number of benzene rings is 1. The fourth-order valence-electron chi connectivity index (χ4n) is 2.34. The third-order valence-electron chi connectivity index (χ3n) is 3.42. The summed E-state index contributed by atoms with van der Waals surface area (Å²) < 4.78 is 18.9. The zero-order chi connectivity index (χ0) is 15.1. The van der Waals surface area contributed by atoms with Crippen LogP contribution in [0.1, 0.15) is 17.3 Å². The van der Waals surface area contributed by atoms with Crippen LogP contribution >= 0.6 is 0 Å². The fraction of sp³-hybridized carbons (Fsp3) is 0.533. The van der Waals surface area contributed by atoms with E-state index < -0.39 is 5.82 Å². The predicted molar refractivity (Wildman–Crippen MR) is 79.2 cm³/mol. The molecule has 0 radical (unpaired) electrons. The summed E-state index contributed by atoms with van der Waals surface area (Å²) in [6.45, 7) is 7.35. The molecule has 1 amide bonds. The largest absolute Gasteiger partial charge is 0.490 e. The number of piperazine rings is 1. The third kappa shape index (κ3) is 4.41. The van der Waals surface area contributed by atoms with Gasteiger partial charge in [-0.3, -0.25) is 9.69 Å². The van der Waals surface area contributed by atoms with Crippen LogP contribution in [0.5, 0.6) is 5.75 Å². The molecule has 116 valence electrons. The Morgan fingerprint density at radius 1 is 1.43 bits per heavy atom. The molecule has 5 nitrogen and oxygen atoms in total. The van der Waals surface area contributed by atoms with E-state index in [0.717, 1.165) is 32.7 Å². The normalized spacial score (nSPS) is 15.7. The maximum Gasteiger partial charge on any atom is 0.255 e. The quantitative estimate of drug-likeness (QED) is 0.817. The lowest BCUT2D eigenvalue weighted by molar-refractivity contribution is 0.0942. The molecular weight excluding hydrogens is 273 g/mol. The summed E-state index contributed by atoms with van der Waals surface area (Å²) >= 11 is 0. The van der Waals surface area contributed by atoms with E-state index in [9.17, 15) is 9.18 Å². The molecule has 0 aliphatic carbocycles. The monoisotopic (exact) mass is 295 g/mol. The van der Waals surface area contributed by atoms with Gasteiger partial charge in [-0.05, 0) is 19.1 Å². The van der Waals surface area contributed by atoms with Crippen LogP contribution in [0.3, 0.4) is 0 Å². The highest BCUT2D eigenvalue weighted by atomic mass is 19.1. The molecule has 1 aliphatic heterocycles. The first-order chi connectivity index (χ1) is 10.2. The van der Waals surface area contributed by atoms with Crippen LogP contribution in [0, 0.1) is 5.82 Å². The molecule has 1 aromatic carbocycles. The second kappa shape index (κ2) is 7.95. The van der Waals surface area contributed by atoms with E-state index in [0.29, 0.717) is 13.2 Å². The molecule has 1 heterocycles. The Morgan fingerprint density at radius 2 is 2.19 bits per heavy atom. The van der Waals surface area contributed by atoms with Crippen LogP contribution in [0.4, 0.5) is 4.39 Å². The Kier molecular flexibility index (Phi) is 5.95. The van der Waals surface area contributed by atoms with Crippen molar-refractivity contribution in [3.63, 3.8) is 0 Å². The highest BCUT2D eigenvalue weighted by Crippen LogP contribution is 2.22. The minimum Gasteiger partial charge on any atom is -0.490 e. The van der Waals surface area contributed by atoms with Gasteiger partial charge < -0.3 is 15.4 Å². The molecule has 0 spiro atoms. The van der Waals surface area contributed by atoms with Crippen molar-refractivity contribution in [3.05, 3.63) is 29.6 Å². The predicted octanol–water partition coefficient (Wildman–Crippen LogP) is 0.859. The van der Waals surface area contributed by atoms with Crippen molar-refractivity contribution in [2.75, 3.05) is 45.9 Å². The van der Waals surface area contributed by atoms with Gasteiger partial charge in [0.05, 0.1) is 12.2 Å². The maximum absolute atomic E-state index is 13.7. The molecule has 1 aliphatic rings. The van der Waals surface area contributed by atoms with Crippen molar-refractivity contribution in [1.82, 2.24) is 15.5 Å². The lowest BCUT2D eigenvalue weighted by Crippen LogP contribution is -2.46.